The van der Waals surface area contributed by atoms with Gasteiger partial charge in [-0.2, -0.15) is 5.26 Å². The van der Waals surface area contributed by atoms with Gasteiger partial charge < -0.3 is 14.6 Å². The highest BCUT2D eigenvalue weighted by atomic mass is 35.5. The number of amides is 2. The topological polar surface area (TPSA) is 107 Å². The Labute approximate surface area is 217 Å². The summed E-state index contributed by atoms with van der Waals surface area (Å²) in [7, 11) is 0. The number of piperazine rings is 1. The average molecular weight is 525 g/mol. The number of halogens is 1. The molecule has 1 saturated heterocycles. The molecule has 2 amide bonds. The van der Waals surface area contributed by atoms with Gasteiger partial charge in [-0.25, -0.2) is 4.79 Å². The lowest BCUT2D eigenvalue weighted by Gasteiger charge is -2.34. The fraction of sp³-hybridized carbons (Fsp3) is 0.308. The van der Waals surface area contributed by atoms with Crippen molar-refractivity contribution in [3.63, 3.8) is 0 Å². The first-order valence-corrected chi connectivity index (χ1v) is 12.6. The molecule has 1 N–H and O–H groups in total. The zero-order chi connectivity index (χ0) is 25.8. The van der Waals surface area contributed by atoms with Crippen LogP contribution >= 0.6 is 22.9 Å². The standard InChI is InChI=1S/C26H25ClN4O4S/c1-16-11-23(32)35-17(2)24(16)26(34)31-9-7-30(8-10-31)15-20-5-6-22(36-20)25(33)29-14-19-4-3-18(13-28)12-21(19)27/h3-6,11-12H,7-10,14-15H2,1-2H3,(H,29,33). The number of aryl methyl sites for hydroxylation is 2. The van der Waals surface area contributed by atoms with Gasteiger partial charge in [-0.1, -0.05) is 17.7 Å². The van der Waals surface area contributed by atoms with Crippen molar-refractivity contribution < 1.29 is 14.0 Å². The van der Waals surface area contributed by atoms with Crippen LogP contribution in [0, 0.1) is 25.2 Å². The van der Waals surface area contributed by atoms with E-state index >= 15 is 0 Å². The van der Waals surface area contributed by atoms with Crippen molar-refractivity contribution in [1.29, 1.82) is 5.26 Å². The van der Waals surface area contributed by atoms with Gasteiger partial charge in [0.2, 0.25) is 0 Å². The van der Waals surface area contributed by atoms with Crippen molar-refractivity contribution in [2.75, 3.05) is 26.2 Å². The number of nitriles is 1. The Morgan fingerprint density at radius 2 is 1.89 bits per heavy atom. The molecule has 3 aromatic rings. The fourth-order valence-corrected chi connectivity index (χ4v) is 5.39. The molecular weight excluding hydrogens is 500 g/mol. The van der Waals surface area contributed by atoms with E-state index in [0.29, 0.717) is 65.1 Å². The third-order valence-corrected chi connectivity index (χ3v) is 7.51. The second-order valence-electron chi connectivity index (χ2n) is 8.61. The number of benzene rings is 1. The van der Waals surface area contributed by atoms with Crippen LogP contribution in [0.15, 0.2) is 45.6 Å². The molecule has 0 radical (unpaired) electrons. The van der Waals surface area contributed by atoms with E-state index in [1.165, 1.54) is 17.4 Å². The van der Waals surface area contributed by atoms with Crippen LogP contribution < -0.4 is 10.9 Å². The number of rotatable bonds is 6. The van der Waals surface area contributed by atoms with Gasteiger partial charge in [-0.3, -0.25) is 14.5 Å². The largest absolute Gasteiger partial charge is 0.427 e. The second kappa shape index (κ2) is 11.1. The van der Waals surface area contributed by atoms with Crippen LogP contribution in [-0.2, 0) is 13.1 Å². The van der Waals surface area contributed by atoms with E-state index in [-0.39, 0.29) is 18.4 Å². The summed E-state index contributed by atoms with van der Waals surface area (Å²) in [4.78, 5) is 42.8. The molecule has 10 heteroatoms. The first-order valence-electron chi connectivity index (χ1n) is 11.4. The van der Waals surface area contributed by atoms with Gasteiger partial charge in [0.05, 0.1) is 22.1 Å². The molecule has 8 nitrogen and oxygen atoms in total. The Morgan fingerprint density at radius 1 is 1.14 bits per heavy atom. The third-order valence-electron chi connectivity index (χ3n) is 6.09. The van der Waals surface area contributed by atoms with Gasteiger partial charge >= 0.3 is 5.63 Å². The van der Waals surface area contributed by atoms with E-state index in [0.717, 1.165) is 10.4 Å². The Kier molecular flexibility index (Phi) is 7.89. The predicted molar refractivity (Wildman–Crippen MR) is 137 cm³/mol. The minimum atomic E-state index is -0.451. The predicted octanol–water partition coefficient (Wildman–Crippen LogP) is 3.73. The minimum absolute atomic E-state index is 0.120. The monoisotopic (exact) mass is 524 g/mol. The number of carbonyl (C=O) groups excluding carboxylic acids is 2. The third kappa shape index (κ3) is 5.85. The highest BCUT2D eigenvalue weighted by Gasteiger charge is 2.26. The number of carbonyl (C=O) groups is 2. The maximum absolute atomic E-state index is 13.0. The Bertz CT molecular complexity index is 1370. The van der Waals surface area contributed by atoms with E-state index < -0.39 is 5.63 Å². The molecule has 1 aliphatic rings. The maximum Gasteiger partial charge on any atom is 0.336 e. The molecule has 3 heterocycles. The number of thiophene rings is 1. The molecule has 0 unspecified atom stereocenters. The SMILES string of the molecule is Cc1cc(=O)oc(C)c1C(=O)N1CCN(Cc2ccc(C(=O)NCc3ccc(C#N)cc3Cl)s2)CC1. The molecule has 0 aliphatic carbocycles. The highest BCUT2D eigenvalue weighted by molar-refractivity contribution is 7.14. The Balaban J connectivity index is 1.29. The van der Waals surface area contributed by atoms with Crippen LogP contribution in [0.1, 0.15) is 47.4 Å². The lowest BCUT2D eigenvalue weighted by molar-refractivity contribution is 0.0624. The van der Waals surface area contributed by atoms with Crippen molar-refractivity contribution in [1.82, 2.24) is 15.1 Å². The summed E-state index contributed by atoms with van der Waals surface area (Å²) in [5.74, 6) is 0.0477. The first-order chi connectivity index (χ1) is 17.2. The zero-order valence-corrected chi connectivity index (χ0v) is 21.5. The molecule has 0 saturated carbocycles. The molecule has 0 bridgehead atoms. The van der Waals surface area contributed by atoms with Gasteiger partial charge in [0.1, 0.15) is 5.76 Å². The molecule has 186 valence electrons. The molecule has 0 atom stereocenters. The average Bonchev–Trinajstić information content (AvgIpc) is 3.31. The number of hydrogen-bond donors (Lipinski definition) is 1. The minimum Gasteiger partial charge on any atom is -0.427 e. The van der Waals surface area contributed by atoms with Crippen LogP contribution in [0.2, 0.25) is 5.02 Å². The van der Waals surface area contributed by atoms with Crippen LogP contribution in [0.25, 0.3) is 0 Å². The summed E-state index contributed by atoms with van der Waals surface area (Å²) in [5, 5.41) is 12.3. The lowest BCUT2D eigenvalue weighted by Crippen LogP contribution is -2.48. The highest BCUT2D eigenvalue weighted by Crippen LogP contribution is 2.22. The van der Waals surface area contributed by atoms with Gasteiger partial charge in [0.15, 0.2) is 0 Å². The summed E-state index contributed by atoms with van der Waals surface area (Å²) in [6, 6.07) is 12.1. The van der Waals surface area contributed by atoms with Crippen molar-refractivity contribution in [3.8, 4) is 6.07 Å². The van der Waals surface area contributed by atoms with E-state index in [4.69, 9.17) is 21.3 Å². The summed E-state index contributed by atoms with van der Waals surface area (Å²) in [5.41, 5.74) is 1.85. The van der Waals surface area contributed by atoms with Gasteiger partial charge in [-0.05, 0) is 49.2 Å². The van der Waals surface area contributed by atoms with E-state index in [9.17, 15) is 14.4 Å². The van der Waals surface area contributed by atoms with Gasteiger partial charge in [0, 0.05) is 55.2 Å². The molecule has 1 aliphatic heterocycles. The van der Waals surface area contributed by atoms with Gasteiger partial charge in [-0.15, -0.1) is 11.3 Å². The Hall–Kier alpha value is -3.45. The molecule has 36 heavy (non-hydrogen) atoms. The molecule has 2 aromatic heterocycles. The molecular formula is C26H25ClN4O4S. The quantitative estimate of drug-likeness (QED) is 0.526. The van der Waals surface area contributed by atoms with Crippen LogP contribution in [-0.4, -0.2) is 47.8 Å². The first kappa shape index (κ1) is 25.6. The maximum atomic E-state index is 13.0. The number of nitrogens with one attached hydrogen (secondary N) is 1. The lowest BCUT2D eigenvalue weighted by atomic mass is 10.1. The zero-order valence-electron chi connectivity index (χ0n) is 20.0. The van der Waals surface area contributed by atoms with Crippen LogP contribution in [0.4, 0.5) is 0 Å². The fourth-order valence-electron chi connectivity index (χ4n) is 4.17. The van der Waals surface area contributed by atoms with Crippen LogP contribution in [0.5, 0.6) is 0 Å². The molecule has 1 aromatic carbocycles. The van der Waals surface area contributed by atoms with Gasteiger partial charge in [0.25, 0.3) is 11.8 Å². The number of hydrogen-bond acceptors (Lipinski definition) is 7. The molecule has 4 rings (SSSR count). The summed E-state index contributed by atoms with van der Waals surface area (Å²) < 4.78 is 5.12. The van der Waals surface area contributed by atoms with E-state index in [1.54, 1.807) is 36.9 Å². The molecule has 0 spiro atoms. The normalized spacial score (nSPS) is 13.9. The smallest absolute Gasteiger partial charge is 0.336 e. The second-order valence-corrected chi connectivity index (χ2v) is 10.2. The van der Waals surface area contributed by atoms with Crippen molar-refractivity contribution in [3.05, 3.63) is 89.6 Å². The number of nitrogens with zero attached hydrogens (tertiary/aromatic N) is 3. The van der Waals surface area contributed by atoms with Crippen LogP contribution in [0.3, 0.4) is 0 Å². The van der Waals surface area contributed by atoms with Crippen molar-refractivity contribution in [2.45, 2.75) is 26.9 Å². The van der Waals surface area contributed by atoms with E-state index in [2.05, 4.69) is 10.2 Å². The van der Waals surface area contributed by atoms with Crippen molar-refractivity contribution in [2.24, 2.45) is 0 Å². The molecule has 1 fully saturated rings. The Morgan fingerprint density at radius 3 is 2.56 bits per heavy atom. The summed E-state index contributed by atoms with van der Waals surface area (Å²) in [6.07, 6.45) is 0. The van der Waals surface area contributed by atoms with Crippen molar-refractivity contribution >= 4 is 34.8 Å². The van der Waals surface area contributed by atoms with E-state index in [1.807, 2.05) is 18.2 Å². The summed E-state index contributed by atoms with van der Waals surface area (Å²) in [6.45, 7) is 6.91. The summed E-state index contributed by atoms with van der Waals surface area (Å²) >= 11 is 7.63.